The Morgan fingerprint density at radius 3 is 2.39 bits per heavy atom. The number of rotatable bonds is 7. The van der Waals surface area contributed by atoms with Crippen LogP contribution in [0.1, 0.15) is 30.0 Å². The normalized spacial score (nSPS) is 16.8. The van der Waals surface area contributed by atoms with Gasteiger partial charge in [0.1, 0.15) is 29.4 Å². The molecule has 1 saturated heterocycles. The van der Waals surface area contributed by atoms with E-state index in [0.717, 1.165) is 12.4 Å². The lowest BCUT2D eigenvalue weighted by atomic mass is 10.1. The quantitative estimate of drug-likeness (QED) is 0.436. The Morgan fingerprint density at radius 1 is 1.11 bits per heavy atom. The predicted octanol–water partition coefficient (Wildman–Crippen LogP) is 2.89. The molecule has 1 fully saturated rings. The number of carbonyl (C=O) groups excluding carboxylic acids is 1. The number of nitrogens with zero attached hydrogens (tertiary/aromatic N) is 8. The van der Waals surface area contributed by atoms with Crippen LogP contribution in [-0.2, 0) is 30.1 Å². The van der Waals surface area contributed by atoms with Gasteiger partial charge in [0.15, 0.2) is 0 Å². The maximum Gasteiger partial charge on any atom is 0.451 e. The zero-order chi connectivity index (χ0) is 27.7. The summed E-state index contributed by atoms with van der Waals surface area (Å²) in [6.45, 7) is 1.81. The van der Waals surface area contributed by atoms with Gasteiger partial charge in [0.2, 0.25) is 16.7 Å². The SMILES string of the molecule is CCc1ncn(CC(=O)N2CCN(c3sc(C(F)(F)F)nc3-c3cnc(C(F)(F)F)nc3)CC2CCO)n1. The first kappa shape index (κ1) is 27.7. The maximum atomic E-state index is 13.5. The molecule has 1 N–H and O–H groups in total. The molecule has 0 radical (unpaired) electrons. The lowest BCUT2D eigenvalue weighted by Crippen LogP contribution is -2.56. The number of anilines is 1. The number of carbonyl (C=O) groups is 1. The highest BCUT2D eigenvalue weighted by molar-refractivity contribution is 7.16. The van der Waals surface area contributed by atoms with E-state index in [1.165, 1.54) is 15.9 Å². The van der Waals surface area contributed by atoms with Gasteiger partial charge in [0, 0.05) is 50.6 Å². The molecule has 10 nitrogen and oxygen atoms in total. The average Bonchev–Trinajstić information content (AvgIpc) is 3.51. The monoisotopic (exact) mass is 564 g/mol. The van der Waals surface area contributed by atoms with Crippen LogP contribution in [0.2, 0.25) is 0 Å². The molecule has 1 amide bonds. The topological polar surface area (TPSA) is 113 Å². The number of halogens is 6. The fourth-order valence-electron chi connectivity index (χ4n) is 4.00. The first-order chi connectivity index (χ1) is 17.9. The number of hydrogen-bond acceptors (Lipinski definition) is 9. The molecule has 0 aromatic carbocycles. The number of piperazine rings is 1. The van der Waals surface area contributed by atoms with Crippen molar-refractivity contribution < 1.29 is 36.2 Å². The molecular formula is C21H22F6N8O2S. The smallest absolute Gasteiger partial charge is 0.396 e. The van der Waals surface area contributed by atoms with Crippen molar-refractivity contribution >= 4 is 22.2 Å². The van der Waals surface area contributed by atoms with Gasteiger partial charge >= 0.3 is 12.4 Å². The maximum absolute atomic E-state index is 13.5. The largest absolute Gasteiger partial charge is 0.451 e. The Kier molecular flexibility index (Phi) is 7.87. The Labute approximate surface area is 216 Å². The molecule has 206 valence electrons. The molecule has 0 bridgehead atoms. The van der Waals surface area contributed by atoms with Crippen molar-refractivity contribution in [1.82, 2.24) is 34.6 Å². The van der Waals surface area contributed by atoms with E-state index in [9.17, 15) is 36.2 Å². The minimum absolute atomic E-state index is 0.0552. The van der Waals surface area contributed by atoms with Gasteiger partial charge in [0.05, 0.1) is 6.04 Å². The fourth-order valence-corrected chi connectivity index (χ4v) is 4.99. The lowest BCUT2D eigenvalue weighted by molar-refractivity contribution is -0.145. The molecule has 3 aromatic heterocycles. The molecule has 0 aliphatic carbocycles. The summed E-state index contributed by atoms with van der Waals surface area (Å²) in [6, 6.07) is -0.552. The van der Waals surface area contributed by atoms with E-state index in [1.54, 1.807) is 4.90 Å². The van der Waals surface area contributed by atoms with Crippen molar-refractivity contribution in [3.8, 4) is 11.3 Å². The molecule has 0 saturated carbocycles. The number of alkyl halides is 6. The molecule has 1 aliphatic rings. The third-order valence-electron chi connectivity index (χ3n) is 5.78. The second kappa shape index (κ2) is 10.8. The summed E-state index contributed by atoms with van der Waals surface area (Å²) in [5.41, 5.74) is -0.330. The standard InChI is InChI=1S/C21H22F6N8O2S/c1-2-14-30-11-34(32-14)10-15(37)35-5-4-33(9-13(35)3-6-36)17-16(31-19(38-17)21(25,26)27)12-7-28-18(29-8-12)20(22,23)24/h7-8,11,13,36H,2-6,9-10H2,1H3. The molecule has 0 spiro atoms. The van der Waals surface area contributed by atoms with E-state index < -0.39 is 29.2 Å². The summed E-state index contributed by atoms with van der Waals surface area (Å²) in [4.78, 5) is 30.3. The summed E-state index contributed by atoms with van der Waals surface area (Å²) < 4.78 is 80.6. The molecule has 1 aliphatic heterocycles. The summed E-state index contributed by atoms with van der Waals surface area (Å²) in [5.74, 6) is -1.16. The molecule has 38 heavy (non-hydrogen) atoms. The Hall–Kier alpha value is -3.34. The number of aliphatic hydroxyl groups excluding tert-OH is 1. The van der Waals surface area contributed by atoms with Gasteiger partial charge in [-0.1, -0.05) is 18.3 Å². The number of hydrogen-bond donors (Lipinski definition) is 1. The summed E-state index contributed by atoms with van der Waals surface area (Å²) in [6.07, 6.45) is -5.86. The van der Waals surface area contributed by atoms with E-state index in [1.807, 2.05) is 6.92 Å². The molecule has 3 aromatic rings. The van der Waals surface area contributed by atoms with Crippen molar-refractivity contribution in [3.63, 3.8) is 0 Å². The number of amides is 1. The van der Waals surface area contributed by atoms with Crippen LogP contribution >= 0.6 is 11.3 Å². The number of aryl methyl sites for hydroxylation is 1. The van der Waals surface area contributed by atoms with Gasteiger partial charge in [-0.25, -0.2) is 24.6 Å². The highest BCUT2D eigenvalue weighted by Crippen LogP contribution is 2.43. The highest BCUT2D eigenvalue weighted by Gasteiger charge is 2.39. The fraction of sp³-hybridized carbons (Fsp3) is 0.524. The highest BCUT2D eigenvalue weighted by atomic mass is 32.1. The van der Waals surface area contributed by atoms with Gasteiger partial charge < -0.3 is 14.9 Å². The predicted molar refractivity (Wildman–Crippen MR) is 122 cm³/mol. The Bertz CT molecular complexity index is 1260. The van der Waals surface area contributed by atoms with Crippen LogP contribution in [0.5, 0.6) is 0 Å². The van der Waals surface area contributed by atoms with Crippen LogP contribution in [0.3, 0.4) is 0 Å². The van der Waals surface area contributed by atoms with Crippen LogP contribution in [0, 0.1) is 0 Å². The number of aromatic nitrogens is 6. The molecule has 4 heterocycles. The summed E-state index contributed by atoms with van der Waals surface area (Å²) >= 11 is 0.339. The Morgan fingerprint density at radius 2 is 1.82 bits per heavy atom. The van der Waals surface area contributed by atoms with Crippen LogP contribution in [0.25, 0.3) is 11.3 Å². The van der Waals surface area contributed by atoms with Crippen LogP contribution in [0.15, 0.2) is 18.7 Å². The Balaban J connectivity index is 1.60. The first-order valence-corrected chi connectivity index (χ1v) is 12.2. The third kappa shape index (κ3) is 6.03. The number of thiazole rings is 1. The molecule has 4 rings (SSSR count). The van der Waals surface area contributed by atoms with Gasteiger partial charge in [0.25, 0.3) is 0 Å². The summed E-state index contributed by atoms with van der Waals surface area (Å²) in [7, 11) is 0. The zero-order valence-electron chi connectivity index (χ0n) is 19.9. The van der Waals surface area contributed by atoms with Gasteiger partial charge in [-0.2, -0.15) is 31.4 Å². The van der Waals surface area contributed by atoms with Crippen LogP contribution in [-0.4, -0.2) is 77.9 Å². The van der Waals surface area contributed by atoms with Crippen LogP contribution in [0.4, 0.5) is 31.3 Å². The van der Waals surface area contributed by atoms with Crippen molar-refractivity contribution in [2.75, 3.05) is 31.1 Å². The van der Waals surface area contributed by atoms with E-state index in [0.29, 0.717) is 23.6 Å². The van der Waals surface area contributed by atoms with E-state index in [-0.39, 0.29) is 61.4 Å². The molecular weight excluding hydrogens is 542 g/mol. The second-order valence-corrected chi connectivity index (χ2v) is 9.35. The first-order valence-electron chi connectivity index (χ1n) is 11.4. The van der Waals surface area contributed by atoms with Gasteiger partial charge in [-0.15, -0.1) is 0 Å². The van der Waals surface area contributed by atoms with E-state index in [4.69, 9.17) is 0 Å². The number of aliphatic hydroxyl groups is 1. The molecule has 17 heteroatoms. The van der Waals surface area contributed by atoms with Crippen LogP contribution < -0.4 is 4.90 Å². The van der Waals surface area contributed by atoms with Gasteiger partial charge in [-0.3, -0.25) is 4.79 Å². The minimum atomic E-state index is -4.81. The van der Waals surface area contributed by atoms with E-state index in [2.05, 4.69) is 25.0 Å². The minimum Gasteiger partial charge on any atom is -0.396 e. The van der Waals surface area contributed by atoms with Crippen molar-refractivity contribution in [2.45, 2.75) is 44.7 Å². The second-order valence-electron chi connectivity index (χ2n) is 8.37. The van der Waals surface area contributed by atoms with Crippen molar-refractivity contribution in [1.29, 1.82) is 0 Å². The van der Waals surface area contributed by atoms with Crippen molar-refractivity contribution in [3.05, 3.63) is 35.4 Å². The lowest BCUT2D eigenvalue weighted by Gasteiger charge is -2.42. The third-order valence-corrected chi connectivity index (χ3v) is 6.94. The molecule has 1 atom stereocenters. The average molecular weight is 565 g/mol. The molecule has 1 unspecified atom stereocenters. The summed E-state index contributed by atoms with van der Waals surface area (Å²) in [5, 5.41) is 12.6. The zero-order valence-corrected chi connectivity index (χ0v) is 20.7. The van der Waals surface area contributed by atoms with E-state index >= 15 is 0 Å². The van der Waals surface area contributed by atoms with Gasteiger partial charge in [-0.05, 0) is 6.42 Å². The van der Waals surface area contributed by atoms with Crippen molar-refractivity contribution in [2.24, 2.45) is 0 Å².